The lowest BCUT2D eigenvalue weighted by molar-refractivity contribution is -0.130. The Morgan fingerprint density at radius 3 is 2.26 bits per heavy atom. The quantitative estimate of drug-likeness (QED) is 0.490. The number of aryl methyl sites for hydroxylation is 1. The van der Waals surface area contributed by atoms with Gasteiger partial charge in [-0.1, -0.05) is 6.58 Å². The second-order valence-corrected chi connectivity index (χ2v) is 4.81. The zero-order valence-corrected chi connectivity index (χ0v) is 12.6. The summed E-state index contributed by atoms with van der Waals surface area (Å²) in [5, 5.41) is 0. The second kappa shape index (κ2) is 6.74. The van der Waals surface area contributed by atoms with Gasteiger partial charge in [0, 0.05) is 11.6 Å². The summed E-state index contributed by atoms with van der Waals surface area (Å²) in [6.07, 6.45) is 0. The van der Waals surface area contributed by atoms with Crippen LogP contribution in [0, 0.1) is 6.92 Å². The van der Waals surface area contributed by atoms with E-state index in [2.05, 4.69) is 6.58 Å². The molecule has 0 amide bonds. The predicted octanol–water partition coefficient (Wildman–Crippen LogP) is 2.65. The molecule has 23 heavy (non-hydrogen) atoms. The van der Waals surface area contributed by atoms with Crippen LogP contribution in [0.3, 0.4) is 0 Å². The van der Waals surface area contributed by atoms with Crippen LogP contribution in [0.4, 0.5) is 0 Å². The van der Waals surface area contributed by atoms with Crippen LogP contribution in [0.2, 0.25) is 0 Å². The molecule has 0 unspecified atom stereocenters. The number of rotatable bonds is 4. The van der Waals surface area contributed by atoms with E-state index in [0.717, 1.165) is 6.07 Å². The molecule has 6 heteroatoms. The minimum absolute atomic E-state index is 0.0986. The number of hydrogen-bond donors (Lipinski definition) is 0. The first kappa shape index (κ1) is 16.2. The van der Waals surface area contributed by atoms with Crippen LogP contribution >= 0.6 is 0 Å². The Hall–Kier alpha value is -3.15. The van der Waals surface area contributed by atoms with Gasteiger partial charge in [-0.05, 0) is 38.1 Å². The molecule has 0 aliphatic carbocycles. The lowest BCUT2D eigenvalue weighted by Crippen LogP contribution is -2.11. The number of benzene rings is 1. The van der Waals surface area contributed by atoms with Crippen molar-refractivity contribution >= 4 is 11.9 Å². The van der Waals surface area contributed by atoms with Crippen LogP contribution in [0.5, 0.6) is 11.5 Å². The first-order chi connectivity index (χ1) is 10.8. The van der Waals surface area contributed by atoms with Gasteiger partial charge in [-0.2, -0.15) is 0 Å². The molecule has 0 radical (unpaired) electrons. The summed E-state index contributed by atoms with van der Waals surface area (Å²) in [6, 6.07) is 8.32. The van der Waals surface area contributed by atoms with Crippen molar-refractivity contribution in [2.45, 2.75) is 13.8 Å². The molecule has 0 aliphatic heterocycles. The maximum atomic E-state index is 12.0. The fraction of sp³-hybridized carbons (Fsp3) is 0.118. The maximum Gasteiger partial charge on any atom is 0.343 e. The molecule has 1 heterocycles. The topological polar surface area (TPSA) is 82.8 Å². The van der Waals surface area contributed by atoms with Crippen molar-refractivity contribution < 1.29 is 23.5 Å². The van der Waals surface area contributed by atoms with Crippen LogP contribution in [-0.2, 0) is 4.79 Å². The van der Waals surface area contributed by atoms with Crippen LogP contribution < -0.4 is 15.1 Å². The van der Waals surface area contributed by atoms with E-state index < -0.39 is 17.6 Å². The van der Waals surface area contributed by atoms with E-state index in [9.17, 15) is 14.4 Å². The Balaban J connectivity index is 2.09. The molecule has 2 aromatic rings. The van der Waals surface area contributed by atoms with Gasteiger partial charge in [-0.3, -0.25) is 0 Å². The molecule has 0 atom stereocenters. The Kier molecular flexibility index (Phi) is 4.75. The van der Waals surface area contributed by atoms with Crippen LogP contribution in [0.15, 0.2) is 57.8 Å². The van der Waals surface area contributed by atoms with Crippen molar-refractivity contribution in [2.24, 2.45) is 0 Å². The molecule has 0 saturated carbocycles. The Labute approximate surface area is 132 Å². The van der Waals surface area contributed by atoms with E-state index in [4.69, 9.17) is 13.9 Å². The van der Waals surface area contributed by atoms with Crippen LogP contribution in [-0.4, -0.2) is 11.9 Å². The largest absolute Gasteiger partial charge is 0.428 e. The monoisotopic (exact) mass is 314 g/mol. The van der Waals surface area contributed by atoms with Crippen molar-refractivity contribution in [1.29, 1.82) is 0 Å². The molecule has 0 N–H and O–H groups in total. The van der Waals surface area contributed by atoms with Crippen LogP contribution in [0.1, 0.15) is 23.0 Å². The van der Waals surface area contributed by atoms with E-state index in [1.807, 2.05) is 0 Å². The lowest BCUT2D eigenvalue weighted by atomic mass is 10.2. The highest BCUT2D eigenvalue weighted by molar-refractivity contribution is 5.91. The third-order valence-electron chi connectivity index (χ3n) is 2.73. The molecule has 1 aromatic heterocycles. The van der Waals surface area contributed by atoms with Crippen LogP contribution in [0.25, 0.3) is 0 Å². The average molecular weight is 314 g/mol. The molecule has 1 aromatic carbocycles. The third-order valence-corrected chi connectivity index (χ3v) is 2.73. The fourth-order valence-corrected chi connectivity index (χ4v) is 1.65. The van der Waals surface area contributed by atoms with Gasteiger partial charge in [0.2, 0.25) is 0 Å². The number of hydrogen-bond acceptors (Lipinski definition) is 6. The summed E-state index contributed by atoms with van der Waals surface area (Å²) in [4.78, 5) is 34.6. The summed E-state index contributed by atoms with van der Waals surface area (Å²) < 4.78 is 14.9. The van der Waals surface area contributed by atoms with Crippen molar-refractivity contribution in [3.05, 3.63) is 70.3 Å². The molecule has 2 rings (SSSR count). The molecule has 6 nitrogen and oxygen atoms in total. The number of ether oxygens (including phenoxy) is 2. The van der Waals surface area contributed by atoms with E-state index in [-0.39, 0.29) is 22.6 Å². The summed E-state index contributed by atoms with van der Waals surface area (Å²) in [7, 11) is 0. The van der Waals surface area contributed by atoms with Gasteiger partial charge in [0.15, 0.2) is 0 Å². The van der Waals surface area contributed by atoms with Gasteiger partial charge in [-0.25, -0.2) is 14.4 Å². The Bertz CT molecular complexity index is 814. The minimum Gasteiger partial charge on any atom is -0.428 e. The predicted molar refractivity (Wildman–Crippen MR) is 81.6 cm³/mol. The molecular weight excluding hydrogens is 300 g/mol. The Morgan fingerprint density at radius 1 is 1.04 bits per heavy atom. The molecule has 118 valence electrons. The van der Waals surface area contributed by atoms with E-state index in [0.29, 0.717) is 5.76 Å². The van der Waals surface area contributed by atoms with Crippen molar-refractivity contribution in [3.8, 4) is 11.5 Å². The lowest BCUT2D eigenvalue weighted by Gasteiger charge is -2.06. The first-order valence-corrected chi connectivity index (χ1v) is 6.67. The SMILES string of the molecule is C=C(C)C(=O)Oc1ccc(C(=O)Oc2cc(C)oc(=O)c2)cc1. The minimum atomic E-state index is -0.646. The van der Waals surface area contributed by atoms with Gasteiger partial charge in [0.25, 0.3) is 0 Å². The van der Waals surface area contributed by atoms with Crippen molar-refractivity contribution in [2.75, 3.05) is 0 Å². The normalized spacial score (nSPS) is 10.0. The van der Waals surface area contributed by atoms with Crippen molar-refractivity contribution in [1.82, 2.24) is 0 Å². The molecule has 0 aliphatic rings. The number of carbonyl (C=O) groups is 2. The zero-order chi connectivity index (χ0) is 17.0. The molecule has 0 saturated heterocycles. The van der Waals surface area contributed by atoms with Gasteiger partial charge in [0.1, 0.15) is 17.3 Å². The van der Waals surface area contributed by atoms with E-state index in [1.54, 1.807) is 6.92 Å². The average Bonchev–Trinajstić information content (AvgIpc) is 2.46. The van der Waals surface area contributed by atoms with Gasteiger partial charge >= 0.3 is 17.6 Å². The summed E-state index contributed by atoms with van der Waals surface area (Å²) in [5.41, 5.74) is -0.0901. The maximum absolute atomic E-state index is 12.0. The van der Waals surface area contributed by atoms with Gasteiger partial charge in [0.05, 0.1) is 11.6 Å². The number of carbonyl (C=O) groups excluding carboxylic acids is 2. The highest BCUT2D eigenvalue weighted by atomic mass is 16.5. The highest BCUT2D eigenvalue weighted by Gasteiger charge is 2.11. The molecule has 0 fully saturated rings. The highest BCUT2D eigenvalue weighted by Crippen LogP contribution is 2.16. The van der Waals surface area contributed by atoms with E-state index in [1.165, 1.54) is 37.3 Å². The zero-order valence-electron chi connectivity index (χ0n) is 12.6. The Morgan fingerprint density at radius 2 is 1.70 bits per heavy atom. The van der Waals surface area contributed by atoms with Crippen molar-refractivity contribution in [3.63, 3.8) is 0 Å². The third kappa shape index (κ3) is 4.41. The smallest absolute Gasteiger partial charge is 0.343 e. The first-order valence-electron chi connectivity index (χ1n) is 6.67. The summed E-state index contributed by atoms with van der Waals surface area (Å²) >= 11 is 0. The van der Waals surface area contributed by atoms with Gasteiger partial charge < -0.3 is 13.9 Å². The summed E-state index contributed by atoms with van der Waals surface area (Å²) in [5.74, 6) is -0.478. The molecule has 0 spiro atoms. The molecule has 0 bridgehead atoms. The second-order valence-electron chi connectivity index (χ2n) is 4.81. The van der Waals surface area contributed by atoms with Gasteiger partial charge in [-0.15, -0.1) is 0 Å². The molecular formula is C17H14O6. The fourth-order valence-electron chi connectivity index (χ4n) is 1.65. The number of esters is 2. The standard InChI is InChI=1S/C17H14O6/c1-10(2)16(19)22-13-6-4-12(5-7-13)17(20)23-14-8-11(3)21-15(18)9-14/h4-9H,1H2,2-3H3. The van der Waals surface area contributed by atoms with E-state index >= 15 is 0 Å². The summed E-state index contributed by atoms with van der Waals surface area (Å²) in [6.45, 7) is 6.58.